The summed E-state index contributed by atoms with van der Waals surface area (Å²) in [6.45, 7) is 0. The van der Waals surface area contributed by atoms with E-state index in [-0.39, 0.29) is 6.42 Å². The van der Waals surface area contributed by atoms with Crippen molar-refractivity contribution in [2.75, 3.05) is 18.2 Å². The van der Waals surface area contributed by atoms with Gasteiger partial charge in [-0.3, -0.25) is 14.2 Å². The van der Waals surface area contributed by atoms with E-state index >= 15 is 0 Å². The number of carbonyl (C=O) groups excluding carboxylic acids is 2. The van der Waals surface area contributed by atoms with E-state index in [0.717, 1.165) is 0 Å². The molecule has 0 bridgehead atoms. The molecule has 0 fully saturated rings. The maximum atomic E-state index is 10.9. The van der Waals surface area contributed by atoms with Crippen molar-refractivity contribution in [3.8, 4) is 0 Å². The highest BCUT2D eigenvalue weighted by Crippen LogP contribution is 2.33. The number of Topliss-reactive ketones (excluding diaryl/α,β-unsaturated/α-hetero) is 2. The van der Waals surface area contributed by atoms with E-state index in [1.54, 1.807) is 6.26 Å². The molecular formula is C6H11O5PS. The Morgan fingerprint density at radius 3 is 2.23 bits per heavy atom. The molecule has 0 aromatic heterocycles. The van der Waals surface area contributed by atoms with Crippen molar-refractivity contribution in [1.82, 2.24) is 0 Å². The molecule has 5 nitrogen and oxygen atoms in total. The van der Waals surface area contributed by atoms with Crippen molar-refractivity contribution in [3.63, 3.8) is 0 Å². The molecule has 0 spiro atoms. The molecule has 7 heteroatoms. The van der Waals surface area contributed by atoms with Gasteiger partial charge in [-0.2, -0.15) is 11.8 Å². The van der Waals surface area contributed by atoms with Crippen LogP contribution in [0.5, 0.6) is 0 Å². The molecule has 0 unspecified atom stereocenters. The highest BCUT2D eigenvalue weighted by Gasteiger charge is 2.23. The van der Waals surface area contributed by atoms with E-state index in [1.165, 1.54) is 11.8 Å². The fraction of sp³-hybridized carbons (Fsp3) is 0.667. The van der Waals surface area contributed by atoms with Gasteiger partial charge in [0.25, 0.3) is 0 Å². The second-order valence-corrected chi connectivity index (χ2v) is 5.04. The van der Waals surface area contributed by atoms with Gasteiger partial charge < -0.3 is 9.79 Å². The second-order valence-electron chi connectivity index (χ2n) is 2.41. The van der Waals surface area contributed by atoms with Gasteiger partial charge >= 0.3 is 7.60 Å². The number of thioether (sulfide) groups is 1. The van der Waals surface area contributed by atoms with Crippen LogP contribution < -0.4 is 0 Å². The Balaban J connectivity index is 3.98. The largest absolute Gasteiger partial charge is 0.333 e. The standard InChI is InChI=1S/C6H11O5PS/c1-13-3-2-5(7)6(8)4-12(9,10)11/h2-4H2,1H3,(H2,9,10,11). The number of hydrogen-bond acceptors (Lipinski definition) is 4. The Hall–Kier alpha value is -0.160. The lowest BCUT2D eigenvalue weighted by Crippen LogP contribution is -2.18. The minimum atomic E-state index is -4.39. The minimum absolute atomic E-state index is 0.0417. The number of carbonyl (C=O) groups is 2. The molecule has 2 N–H and O–H groups in total. The molecule has 0 rings (SSSR count). The predicted molar refractivity (Wildman–Crippen MR) is 49.9 cm³/mol. The Morgan fingerprint density at radius 1 is 1.31 bits per heavy atom. The van der Waals surface area contributed by atoms with Gasteiger partial charge in [0.2, 0.25) is 5.78 Å². The quantitative estimate of drug-likeness (QED) is 0.491. The van der Waals surface area contributed by atoms with E-state index in [0.29, 0.717) is 5.75 Å². The molecule has 0 atom stereocenters. The average molecular weight is 226 g/mol. The first kappa shape index (κ1) is 12.8. The first-order valence-electron chi connectivity index (χ1n) is 3.46. The van der Waals surface area contributed by atoms with Crippen molar-refractivity contribution in [2.24, 2.45) is 0 Å². The van der Waals surface area contributed by atoms with Crippen molar-refractivity contribution in [3.05, 3.63) is 0 Å². The van der Waals surface area contributed by atoms with Crippen LogP contribution in [0, 0.1) is 0 Å². The maximum Gasteiger partial charge on any atom is 0.333 e. The van der Waals surface area contributed by atoms with Gasteiger partial charge in [0, 0.05) is 12.2 Å². The molecular weight excluding hydrogens is 215 g/mol. The normalized spacial score (nSPS) is 11.3. The molecule has 0 saturated carbocycles. The van der Waals surface area contributed by atoms with Gasteiger partial charge in [0.05, 0.1) is 0 Å². The molecule has 0 radical (unpaired) electrons. The Kier molecular flexibility index (Phi) is 5.48. The van der Waals surface area contributed by atoms with E-state index in [4.69, 9.17) is 9.79 Å². The predicted octanol–water partition coefficient (Wildman–Crippen LogP) is 0.0554. The molecule has 0 aromatic rings. The van der Waals surface area contributed by atoms with E-state index in [9.17, 15) is 14.2 Å². The van der Waals surface area contributed by atoms with Crippen molar-refractivity contribution in [1.29, 1.82) is 0 Å². The Morgan fingerprint density at radius 2 is 1.85 bits per heavy atom. The molecule has 0 aromatic carbocycles. The summed E-state index contributed by atoms with van der Waals surface area (Å²) in [6.07, 6.45) is 0.848. The number of ketones is 2. The first-order valence-corrected chi connectivity index (χ1v) is 6.65. The van der Waals surface area contributed by atoms with Crippen LogP contribution in [0.25, 0.3) is 0 Å². The highest BCUT2D eigenvalue weighted by molar-refractivity contribution is 7.98. The van der Waals surface area contributed by atoms with Crippen LogP contribution in [-0.4, -0.2) is 39.5 Å². The summed E-state index contributed by atoms with van der Waals surface area (Å²) in [5.41, 5.74) is 0. The first-order chi connectivity index (χ1) is 5.87. The highest BCUT2D eigenvalue weighted by atomic mass is 32.2. The smallest absolute Gasteiger partial charge is 0.324 e. The van der Waals surface area contributed by atoms with Gasteiger partial charge in [-0.1, -0.05) is 0 Å². The summed E-state index contributed by atoms with van der Waals surface area (Å²) in [4.78, 5) is 38.5. The topological polar surface area (TPSA) is 91.7 Å². The van der Waals surface area contributed by atoms with Gasteiger partial charge in [0.1, 0.15) is 6.16 Å². The Bertz CT molecular complexity index is 245. The molecule has 0 aliphatic rings. The molecule has 0 heterocycles. The summed E-state index contributed by atoms with van der Waals surface area (Å²) < 4.78 is 10.3. The molecule has 0 saturated heterocycles. The third kappa shape index (κ3) is 6.95. The average Bonchev–Trinajstić information content (AvgIpc) is 1.96. The lowest BCUT2D eigenvalue weighted by atomic mass is 10.2. The monoisotopic (exact) mass is 226 g/mol. The van der Waals surface area contributed by atoms with Crippen LogP contribution in [-0.2, 0) is 14.2 Å². The van der Waals surface area contributed by atoms with Gasteiger partial charge in [-0.25, -0.2) is 0 Å². The van der Waals surface area contributed by atoms with Crippen LogP contribution in [0.15, 0.2) is 0 Å². The number of rotatable bonds is 6. The third-order valence-electron chi connectivity index (χ3n) is 1.19. The van der Waals surface area contributed by atoms with Crippen LogP contribution in [0.4, 0.5) is 0 Å². The van der Waals surface area contributed by atoms with Gasteiger partial charge in [-0.15, -0.1) is 0 Å². The molecule has 13 heavy (non-hydrogen) atoms. The van der Waals surface area contributed by atoms with Crippen molar-refractivity contribution >= 4 is 30.9 Å². The van der Waals surface area contributed by atoms with Crippen molar-refractivity contribution < 1.29 is 23.9 Å². The van der Waals surface area contributed by atoms with Crippen molar-refractivity contribution in [2.45, 2.75) is 6.42 Å². The summed E-state index contributed by atoms with van der Waals surface area (Å²) in [5.74, 6) is -1.20. The molecule has 76 valence electrons. The van der Waals surface area contributed by atoms with Crippen LogP contribution in [0.2, 0.25) is 0 Å². The lowest BCUT2D eigenvalue weighted by Gasteiger charge is -2.01. The van der Waals surface area contributed by atoms with Gasteiger partial charge in [0.15, 0.2) is 5.78 Å². The minimum Gasteiger partial charge on any atom is -0.324 e. The van der Waals surface area contributed by atoms with Crippen LogP contribution in [0.1, 0.15) is 6.42 Å². The SMILES string of the molecule is CSCCC(=O)C(=O)CP(=O)(O)O. The summed E-state index contributed by atoms with van der Waals surface area (Å²) in [6, 6.07) is 0. The van der Waals surface area contributed by atoms with E-state index in [2.05, 4.69) is 0 Å². The lowest BCUT2D eigenvalue weighted by molar-refractivity contribution is -0.135. The third-order valence-corrected chi connectivity index (χ3v) is 2.51. The molecule has 0 aliphatic heterocycles. The van der Waals surface area contributed by atoms with E-state index in [1.807, 2.05) is 0 Å². The zero-order valence-corrected chi connectivity index (χ0v) is 8.81. The fourth-order valence-corrected chi connectivity index (χ4v) is 1.55. The zero-order chi connectivity index (χ0) is 10.5. The molecule has 0 amide bonds. The second kappa shape index (κ2) is 5.54. The number of hydrogen-bond donors (Lipinski definition) is 2. The van der Waals surface area contributed by atoms with Crippen LogP contribution >= 0.6 is 19.4 Å². The fourth-order valence-electron chi connectivity index (χ4n) is 0.609. The summed E-state index contributed by atoms with van der Waals surface area (Å²) >= 11 is 1.40. The molecule has 0 aliphatic carbocycles. The van der Waals surface area contributed by atoms with Gasteiger partial charge in [-0.05, 0) is 6.26 Å². The van der Waals surface area contributed by atoms with Crippen LogP contribution in [0.3, 0.4) is 0 Å². The summed E-state index contributed by atoms with van der Waals surface area (Å²) in [5, 5.41) is 0. The summed E-state index contributed by atoms with van der Waals surface area (Å²) in [7, 11) is -4.39. The Labute approximate surface area is 80.1 Å². The maximum absolute atomic E-state index is 10.9. The zero-order valence-electron chi connectivity index (χ0n) is 7.10. The van der Waals surface area contributed by atoms with E-state index < -0.39 is 25.3 Å².